The number of benzene rings is 1. The number of hydrogen-bond donors (Lipinski definition) is 3. The molecule has 2 aliphatic heterocycles. The lowest BCUT2D eigenvalue weighted by Gasteiger charge is -2.32. The first-order chi connectivity index (χ1) is 27.7. The second-order valence-electron chi connectivity index (χ2n) is 17.4. The Morgan fingerprint density at radius 2 is 1.78 bits per heavy atom. The number of likely N-dealkylation sites (tertiary alicyclic amines) is 1. The van der Waals surface area contributed by atoms with E-state index in [9.17, 15) is 14.7 Å². The van der Waals surface area contributed by atoms with E-state index in [4.69, 9.17) is 11.2 Å². The molecule has 0 bridgehead atoms. The summed E-state index contributed by atoms with van der Waals surface area (Å²) < 4.78 is 0. The predicted octanol–water partition coefficient (Wildman–Crippen LogP) is 10.1. The van der Waals surface area contributed by atoms with Crippen molar-refractivity contribution < 1.29 is 19.5 Å². The van der Waals surface area contributed by atoms with Crippen molar-refractivity contribution in [3.63, 3.8) is 0 Å². The third-order valence-corrected chi connectivity index (χ3v) is 12.9. The fraction of sp³-hybridized carbons (Fsp3) is 0.653. The van der Waals surface area contributed by atoms with Gasteiger partial charge in [-0.1, -0.05) is 75.6 Å². The van der Waals surface area contributed by atoms with Crippen LogP contribution in [0, 0.1) is 42.4 Å². The number of carbonyl (C=O) groups excluding carboxylic acids is 2. The van der Waals surface area contributed by atoms with Gasteiger partial charge in [-0.15, -0.1) is 24.1 Å². The molecule has 3 N–H and O–H groups in total. The first kappa shape index (κ1) is 50.7. The summed E-state index contributed by atoms with van der Waals surface area (Å²) in [5.41, 5.74) is 3.94. The molecule has 58 heavy (non-hydrogen) atoms. The number of carboxylic acid groups (broad SMARTS) is 1. The first-order valence-electron chi connectivity index (χ1n) is 22.0. The van der Waals surface area contributed by atoms with E-state index in [1.54, 1.807) is 7.05 Å². The zero-order chi connectivity index (χ0) is 43.1. The lowest BCUT2D eigenvalue weighted by atomic mass is 9.83. The summed E-state index contributed by atoms with van der Waals surface area (Å²) in [5.74, 6) is 3.50. The van der Waals surface area contributed by atoms with E-state index >= 15 is 0 Å². The molecule has 324 valence electrons. The van der Waals surface area contributed by atoms with Crippen LogP contribution in [0.1, 0.15) is 136 Å². The first-order valence-corrected chi connectivity index (χ1v) is 22.9. The number of amides is 2. The molecule has 9 heteroatoms. The molecule has 0 aromatic heterocycles. The van der Waals surface area contributed by atoms with Crippen LogP contribution in [-0.2, 0) is 20.8 Å². The van der Waals surface area contributed by atoms with Crippen LogP contribution in [-0.4, -0.2) is 79.0 Å². The monoisotopic (exact) mass is 819 g/mol. The van der Waals surface area contributed by atoms with E-state index in [0.29, 0.717) is 42.9 Å². The van der Waals surface area contributed by atoms with E-state index < -0.39 is 11.4 Å². The smallest absolute Gasteiger partial charge is 0.309 e. The molecule has 5 atom stereocenters. The van der Waals surface area contributed by atoms with Gasteiger partial charge in [0.1, 0.15) is 0 Å². The van der Waals surface area contributed by atoms with Gasteiger partial charge in [-0.2, -0.15) is 0 Å². The van der Waals surface area contributed by atoms with E-state index in [1.165, 1.54) is 54.0 Å². The number of unbranched alkanes of at least 4 members (excludes halogenated alkanes) is 3. The SMILES string of the molecule is C#CCCCCN(C(=O)CCCC)C1CC(C2=CCC(C)C(/C(=C/C)NC(Cc3ccc(C)cc3)CC(C)(C)C(=O)O)=CS2)CC1C.CN1CCCCC1.CNC=O. The Labute approximate surface area is 357 Å². The third kappa shape index (κ3) is 17.8. The van der Waals surface area contributed by atoms with Gasteiger partial charge in [-0.05, 0) is 151 Å². The van der Waals surface area contributed by atoms with Gasteiger partial charge in [0.2, 0.25) is 12.3 Å². The van der Waals surface area contributed by atoms with Crippen molar-refractivity contribution in [1.29, 1.82) is 0 Å². The second kappa shape index (κ2) is 27.3. The van der Waals surface area contributed by atoms with Gasteiger partial charge in [0.15, 0.2) is 0 Å². The molecule has 0 radical (unpaired) electrons. The Hall–Kier alpha value is -3.48. The number of allylic oxidation sites excluding steroid dienone is 4. The summed E-state index contributed by atoms with van der Waals surface area (Å²) in [7, 11) is 3.76. The number of hydrogen-bond acceptors (Lipinski definition) is 6. The number of carbonyl (C=O) groups is 3. The minimum absolute atomic E-state index is 0.0305. The fourth-order valence-corrected chi connectivity index (χ4v) is 9.35. The topological polar surface area (TPSA) is 102 Å². The van der Waals surface area contributed by atoms with Gasteiger partial charge >= 0.3 is 5.97 Å². The van der Waals surface area contributed by atoms with Crippen LogP contribution in [0.25, 0.3) is 0 Å². The summed E-state index contributed by atoms with van der Waals surface area (Å²) >= 11 is 1.85. The average Bonchev–Trinajstić information content (AvgIpc) is 3.47. The fourth-order valence-electron chi connectivity index (χ4n) is 8.15. The standard InChI is InChI=1S/C41H60N2O3S.C6H13N.C2H5NO/c1-9-12-14-15-23-43(39(44)16-13-10-2)37-26-33(24-31(37)6)38-22-19-30(5)35(28-47-38)36(11-3)42-34(27-41(7,8)40(45)46)25-32-20-17-29(4)18-21-32;1-7-5-3-2-4-6-7;1-3-2-4/h1,11,17-18,20-22,28,30-31,33-34,37,42H,10,12-16,19,23-27H2,2-8H3,(H,45,46);2-6H2,1H3;2H,1H3,(H,3,4)/b36-11-;;. The predicted molar refractivity (Wildman–Crippen MR) is 245 cm³/mol. The minimum Gasteiger partial charge on any atom is -0.481 e. The Kier molecular flexibility index (Phi) is 23.9. The number of aliphatic carboxylic acids is 1. The van der Waals surface area contributed by atoms with Crippen LogP contribution in [0.15, 0.2) is 58.0 Å². The van der Waals surface area contributed by atoms with Gasteiger partial charge in [-0.25, -0.2) is 0 Å². The number of nitrogens with one attached hydrogen (secondary N) is 2. The maximum Gasteiger partial charge on any atom is 0.309 e. The molecule has 5 unspecified atom stereocenters. The quantitative estimate of drug-likeness (QED) is 0.0770. The number of aryl methyl sites for hydroxylation is 1. The minimum atomic E-state index is -0.850. The highest BCUT2D eigenvalue weighted by Gasteiger charge is 2.39. The summed E-state index contributed by atoms with van der Waals surface area (Å²) in [6.45, 7) is 18.0. The molecular formula is C49H78N4O4S. The van der Waals surface area contributed by atoms with Crippen LogP contribution < -0.4 is 10.6 Å². The maximum absolute atomic E-state index is 13.4. The van der Waals surface area contributed by atoms with Crippen molar-refractivity contribution in [3.8, 4) is 12.3 Å². The number of thioether (sulfide) groups is 1. The Bertz CT molecular complexity index is 1520. The van der Waals surface area contributed by atoms with Crippen molar-refractivity contribution in [2.75, 3.05) is 33.7 Å². The molecule has 1 aromatic carbocycles. The van der Waals surface area contributed by atoms with Crippen LogP contribution in [0.4, 0.5) is 0 Å². The van der Waals surface area contributed by atoms with Gasteiger partial charge in [0.05, 0.1) is 5.41 Å². The molecule has 3 aliphatic rings. The van der Waals surface area contributed by atoms with E-state index in [0.717, 1.165) is 70.0 Å². The van der Waals surface area contributed by atoms with Crippen molar-refractivity contribution in [3.05, 3.63) is 69.1 Å². The van der Waals surface area contributed by atoms with Crippen LogP contribution in [0.5, 0.6) is 0 Å². The molecule has 0 spiro atoms. The molecular weight excluding hydrogens is 741 g/mol. The normalized spacial score (nSPS) is 21.6. The van der Waals surface area contributed by atoms with Gasteiger partial charge in [-0.3, -0.25) is 14.4 Å². The van der Waals surface area contributed by atoms with Crippen LogP contribution in [0.2, 0.25) is 0 Å². The van der Waals surface area contributed by atoms with Gasteiger partial charge in [0.25, 0.3) is 0 Å². The number of carboxylic acids is 1. The molecule has 1 aromatic rings. The van der Waals surface area contributed by atoms with Crippen molar-refractivity contribution in [2.45, 2.75) is 150 Å². The number of nitrogens with zero attached hydrogens (tertiary/aromatic N) is 2. The molecule has 2 fully saturated rings. The largest absolute Gasteiger partial charge is 0.481 e. The molecule has 1 saturated carbocycles. The highest BCUT2D eigenvalue weighted by molar-refractivity contribution is 8.05. The molecule has 1 saturated heterocycles. The summed E-state index contributed by atoms with van der Waals surface area (Å²) in [4.78, 5) is 40.6. The van der Waals surface area contributed by atoms with Crippen molar-refractivity contribution in [2.24, 2.45) is 23.2 Å². The van der Waals surface area contributed by atoms with E-state index in [2.05, 4.69) is 110 Å². The zero-order valence-electron chi connectivity index (χ0n) is 37.6. The molecule has 2 amide bonds. The number of terminal acetylenes is 1. The maximum atomic E-state index is 13.4. The average molecular weight is 819 g/mol. The summed E-state index contributed by atoms with van der Waals surface area (Å²) in [6, 6.07) is 8.79. The Morgan fingerprint density at radius 3 is 2.33 bits per heavy atom. The summed E-state index contributed by atoms with van der Waals surface area (Å²) in [5, 5.41) is 18.4. The number of piperidine rings is 1. The third-order valence-electron chi connectivity index (χ3n) is 11.8. The van der Waals surface area contributed by atoms with E-state index in [1.807, 2.05) is 25.6 Å². The van der Waals surface area contributed by atoms with Gasteiger partial charge in [0, 0.05) is 44.2 Å². The van der Waals surface area contributed by atoms with Gasteiger partial charge < -0.3 is 25.5 Å². The molecule has 4 rings (SSSR count). The van der Waals surface area contributed by atoms with Crippen molar-refractivity contribution in [1.82, 2.24) is 20.4 Å². The summed E-state index contributed by atoms with van der Waals surface area (Å²) in [6.07, 6.45) is 24.6. The zero-order valence-corrected chi connectivity index (χ0v) is 38.4. The lowest BCUT2D eigenvalue weighted by molar-refractivity contribution is -0.147. The number of rotatable bonds is 18. The molecule has 8 nitrogen and oxygen atoms in total. The highest BCUT2D eigenvalue weighted by atomic mass is 32.2. The highest BCUT2D eigenvalue weighted by Crippen LogP contribution is 2.45. The van der Waals surface area contributed by atoms with Crippen molar-refractivity contribution >= 4 is 30.0 Å². The Balaban J connectivity index is 0.000000914. The molecule has 2 heterocycles. The van der Waals surface area contributed by atoms with Crippen LogP contribution >= 0.6 is 11.8 Å². The van der Waals surface area contributed by atoms with Crippen LogP contribution in [0.3, 0.4) is 0 Å². The Morgan fingerprint density at radius 1 is 1.10 bits per heavy atom. The second-order valence-corrected chi connectivity index (χ2v) is 18.3. The van der Waals surface area contributed by atoms with E-state index in [-0.39, 0.29) is 12.1 Å². The lowest BCUT2D eigenvalue weighted by Crippen LogP contribution is -2.42. The molecule has 1 aliphatic carbocycles.